The first-order valence-electron chi connectivity index (χ1n) is 4.51. The highest BCUT2D eigenvalue weighted by Crippen LogP contribution is 2.22. The number of nitrogens with zero attached hydrogens (tertiary/aromatic N) is 1. The molecular formula is C10H10F3NO3. The van der Waals surface area contributed by atoms with Gasteiger partial charge in [0.25, 0.3) is 5.91 Å². The largest absolute Gasteiger partial charge is 0.573 e. The molecule has 0 spiro atoms. The summed E-state index contributed by atoms with van der Waals surface area (Å²) in [4.78, 5) is 16.2. The molecule has 0 fully saturated rings. The van der Waals surface area contributed by atoms with Crippen LogP contribution in [0, 0.1) is 0 Å². The van der Waals surface area contributed by atoms with Crippen molar-refractivity contribution < 1.29 is 27.5 Å². The molecule has 0 aliphatic rings. The predicted molar refractivity (Wildman–Crippen MR) is 52.2 cm³/mol. The number of alkyl halides is 3. The summed E-state index contributed by atoms with van der Waals surface area (Å²) >= 11 is 0. The first kappa shape index (κ1) is 13.3. The number of carbonyl (C=O) groups is 1. The van der Waals surface area contributed by atoms with Crippen LogP contribution < -0.4 is 4.74 Å². The monoisotopic (exact) mass is 249 g/mol. The number of carbonyl (C=O) groups excluding carboxylic acids is 1. The van der Waals surface area contributed by atoms with Crippen LogP contribution in [0.1, 0.15) is 10.4 Å². The number of hydroxylamine groups is 2. The third-order valence-corrected chi connectivity index (χ3v) is 1.89. The Morgan fingerprint density at radius 3 is 2.18 bits per heavy atom. The van der Waals surface area contributed by atoms with Gasteiger partial charge < -0.3 is 4.74 Å². The van der Waals surface area contributed by atoms with Gasteiger partial charge in [-0.05, 0) is 24.3 Å². The predicted octanol–water partition coefficient (Wildman–Crippen LogP) is 2.22. The second-order valence-corrected chi connectivity index (χ2v) is 3.06. The summed E-state index contributed by atoms with van der Waals surface area (Å²) in [7, 11) is 2.70. The fourth-order valence-electron chi connectivity index (χ4n) is 1.06. The van der Waals surface area contributed by atoms with Crippen LogP contribution >= 0.6 is 0 Å². The van der Waals surface area contributed by atoms with E-state index in [1.165, 1.54) is 26.3 Å². The first-order valence-corrected chi connectivity index (χ1v) is 4.51. The Kier molecular flexibility index (Phi) is 3.95. The summed E-state index contributed by atoms with van der Waals surface area (Å²) in [6.45, 7) is 0. The molecule has 0 aliphatic heterocycles. The maximum atomic E-state index is 11.9. The van der Waals surface area contributed by atoms with Crippen LogP contribution in [0.5, 0.6) is 5.75 Å². The van der Waals surface area contributed by atoms with Crippen molar-refractivity contribution in [3.8, 4) is 5.75 Å². The minimum absolute atomic E-state index is 0.198. The molecule has 0 heterocycles. The van der Waals surface area contributed by atoms with Gasteiger partial charge >= 0.3 is 6.36 Å². The second kappa shape index (κ2) is 5.05. The molecule has 0 radical (unpaired) electrons. The van der Waals surface area contributed by atoms with Crippen LogP contribution in [-0.4, -0.2) is 31.5 Å². The van der Waals surface area contributed by atoms with Crippen LogP contribution in [0.2, 0.25) is 0 Å². The zero-order valence-corrected chi connectivity index (χ0v) is 9.12. The molecule has 94 valence electrons. The van der Waals surface area contributed by atoms with Gasteiger partial charge in [0.05, 0.1) is 7.11 Å². The van der Waals surface area contributed by atoms with E-state index in [0.29, 0.717) is 0 Å². The average molecular weight is 249 g/mol. The fourth-order valence-corrected chi connectivity index (χ4v) is 1.06. The van der Waals surface area contributed by atoms with Crippen LogP contribution in [-0.2, 0) is 4.84 Å². The van der Waals surface area contributed by atoms with Crippen LogP contribution in [0.3, 0.4) is 0 Å². The Balaban J connectivity index is 2.78. The molecule has 0 aliphatic carbocycles. The molecule has 7 heteroatoms. The van der Waals surface area contributed by atoms with E-state index < -0.39 is 12.3 Å². The van der Waals surface area contributed by atoms with E-state index in [9.17, 15) is 18.0 Å². The highest BCUT2D eigenvalue weighted by molar-refractivity contribution is 5.93. The summed E-state index contributed by atoms with van der Waals surface area (Å²) in [6, 6.07) is 4.56. The Morgan fingerprint density at radius 2 is 1.76 bits per heavy atom. The van der Waals surface area contributed by atoms with Gasteiger partial charge in [-0.2, -0.15) is 0 Å². The van der Waals surface area contributed by atoms with E-state index >= 15 is 0 Å². The third kappa shape index (κ3) is 3.95. The van der Waals surface area contributed by atoms with Gasteiger partial charge in [-0.3, -0.25) is 9.63 Å². The Labute approximate surface area is 95.5 Å². The number of rotatable bonds is 3. The van der Waals surface area contributed by atoms with Crippen LogP contribution in [0.15, 0.2) is 24.3 Å². The smallest absolute Gasteiger partial charge is 0.406 e. The number of ether oxygens (including phenoxy) is 1. The lowest BCUT2D eigenvalue weighted by Crippen LogP contribution is -2.25. The molecular weight excluding hydrogens is 239 g/mol. The number of halogens is 3. The van der Waals surface area contributed by atoms with Gasteiger partial charge in [0, 0.05) is 12.6 Å². The molecule has 0 unspecified atom stereocenters. The lowest BCUT2D eigenvalue weighted by molar-refractivity contribution is -0.274. The lowest BCUT2D eigenvalue weighted by Gasteiger charge is -2.14. The summed E-state index contributed by atoms with van der Waals surface area (Å²) in [6.07, 6.45) is -4.74. The number of hydrogen-bond donors (Lipinski definition) is 0. The van der Waals surface area contributed by atoms with Crippen LogP contribution in [0.25, 0.3) is 0 Å². The number of amides is 1. The van der Waals surface area contributed by atoms with Crippen molar-refractivity contribution in [2.24, 2.45) is 0 Å². The molecule has 4 nitrogen and oxygen atoms in total. The van der Waals surface area contributed by atoms with Gasteiger partial charge in [-0.15, -0.1) is 13.2 Å². The molecule has 1 amide bonds. The molecule has 1 aromatic rings. The van der Waals surface area contributed by atoms with E-state index in [1.54, 1.807) is 0 Å². The van der Waals surface area contributed by atoms with Crippen molar-refractivity contribution in [3.05, 3.63) is 29.8 Å². The molecule has 0 aromatic heterocycles. The minimum atomic E-state index is -4.74. The van der Waals surface area contributed by atoms with Gasteiger partial charge in [-0.1, -0.05) is 0 Å². The summed E-state index contributed by atoms with van der Waals surface area (Å²) in [5, 5.41) is 0.958. The molecule has 1 rings (SSSR count). The SMILES string of the molecule is CON(C)C(=O)c1ccc(OC(F)(F)F)cc1. The van der Waals surface area contributed by atoms with E-state index in [1.807, 2.05) is 0 Å². The van der Waals surface area contributed by atoms with Gasteiger partial charge in [0.1, 0.15) is 5.75 Å². The maximum Gasteiger partial charge on any atom is 0.573 e. The fraction of sp³-hybridized carbons (Fsp3) is 0.300. The Bertz CT molecular complexity index is 389. The van der Waals surface area contributed by atoms with Crippen molar-refractivity contribution in [2.75, 3.05) is 14.2 Å². The van der Waals surface area contributed by atoms with Crippen LogP contribution in [0.4, 0.5) is 13.2 Å². The molecule has 0 bridgehead atoms. The van der Waals surface area contributed by atoms with Crippen molar-refractivity contribution in [1.82, 2.24) is 5.06 Å². The standard InChI is InChI=1S/C10H10F3NO3/c1-14(16-2)9(15)7-3-5-8(6-4-7)17-10(11,12)13/h3-6H,1-2H3. The first-order chi connectivity index (χ1) is 7.83. The topological polar surface area (TPSA) is 38.8 Å². The molecule has 0 atom stereocenters. The minimum Gasteiger partial charge on any atom is -0.406 e. The Morgan fingerprint density at radius 1 is 1.24 bits per heavy atom. The quantitative estimate of drug-likeness (QED) is 0.771. The molecule has 17 heavy (non-hydrogen) atoms. The number of hydrogen-bond acceptors (Lipinski definition) is 3. The van der Waals surface area contributed by atoms with E-state index in [2.05, 4.69) is 9.57 Å². The summed E-state index contributed by atoms with van der Waals surface area (Å²) in [5.74, 6) is -0.847. The van der Waals surface area contributed by atoms with E-state index in [0.717, 1.165) is 17.2 Å². The second-order valence-electron chi connectivity index (χ2n) is 3.06. The lowest BCUT2D eigenvalue weighted by atomic mass is 10.2. The maximum absolute atomic E-state index is 11.9. The van der Waals surface area contributed by atoms with Crippen molar-refractivity contribution >= 4 is 5.91 Å². The van der Waals surface area contributed by atoms with Crippen molar-refractivity contribution in [1.29, 1.82) is 0 Å². The highest BCUT2D eigenvalue weighted by atomic mass is 19.4. The number of benzene rings is 1. The van der Waals surface area contributed by atoms with Gasteiger partial charge in [-0.25, -0.2) is 5.06 Å². The molecule has 0 saturated heterocycles. The molecule has 0 N–H and O–H groups in total. The highest BCUT2D eigenvalue weighted by Gasteiger charge is 2.31. The average Bonchev–Trinajstić information content (AvgIpc) is 2.26. The van der Waals surface area contributed by atoms with E-state index in [4.69, 9.17) is 0 Å². The summed E-state index contributed by atoms with van der Waals surface area (Å²) in [5.41, 5.74) is 0.198. The zero-order valence-electron chi connectivity index (χ0n) is 9.12. The van der Waals surface area contributed by atoms with E-state index in [-0.39, 0.29) is 11.3 Å². The van der Waals surface area contributed by atoms with Gasteiger partial charge in [0.15, 0.2) is 0 Å². The molecule has 0 saturated carbocycles. The van der Waals surface area contributed by atoms with Crippen molar-refractivity contribution in [3.63, 3.8) is 0 Å². The zero-order chi connectivity index (χ0) is 13.1. The third-order valence-electron chi connectivity index (χ3n) is 1.89. The summed E-state index contributed by atoms with van der Waals surface area (Å²) < 4.78 is 39.3. The Hall–Kier alpha value is -1.76. The molecule has 1 aromatic carbocycles. The normalized spacial score (nSPS) is 11.1. The van der Waals surface area contributed by atoms with Gasteiger partial charge in [0.2, 0.25) is 0 Å². The van der Waals surface area contributed by atoms with Crippen molar-refractivity contribution in [2.45, 2.75) is 6.36 Å².